The molecule has 1 aromatic rings. The molecule has 6 nitrogen and oxygen atoms in total. The van der Waals surface area contributed by atoms with Gasteiger partial charge in [0.05, 0.1) is 26.4 Å². The number of carboxylic acids is 1. The maximum Gasteiger partial charge on any atom is 0.326 e. The molecule has 0 saturated carbocycles. The van der Waals surface area contributed by atoms with Gasteiger partial charge in [-0.15, -0.1) is 11.8 Å². The van der Waals surface area contributed by atoms with Crippen LogP contribution in [0.1, 0.15) is 24.8 Å². The molecule has 0 amide bonds. The van der Waals surface area contributed by atoms with Crippen LogP contribution in [0.5, 0.6) is 11.5 Å². The monoisotopic (exact) mass is 355 g/mol. The Bertz CT molecular complexity index is 569. The number of aliphatic hydroxyl groups is 1. The molecule has 1 fully saturated rings. The molecule has 0 aliphatic carbocycles. The molecule has 0 radical (unpaired) electrons. The van der Waals surface area contributed by atoms with Crippen LogP contribution in [0, 0.1) is 0 Å². The number of methoxy groups -OCH3 is 2. The normalized spacial score (nSPS) is 21.5. The summed E-state index contributed by atoms with van der Waals surface area (Å²) in [6.07, 6.45) is 4.11. The van der Waals surface area contributed by atoms with Gasteiger partial charge in [0.15, 0.2) is 0 Å². The average molecular weight is 355 g/mol. The smallest absolute Gasteiger partial charge is 0.326 e. The third-order valence-electron chi connectivity index (χ3n) is 4.70. The Hall–Kier alpha value is -1.44. The van der Waals surface area contributed by atoms with Crippen molar-refractivity contribution in [2.24, 2.45) is 0 Å². The van der Waals surface area contributed by atoms with Gasteiger partial charge in [-0.3, -0.25) is 9.69 Å². The molecule has 1 saturated heterocycles. The molecule has 2 N–H and O–H groups in total. The summed E-state index contributed by atoms with van der Waals surface area (Å²) in [6.45, 7) is 0.563. The largest absolute Gasteiger partial charge is 0.496 e. The molecule has 0 bridgehead atoms. The lowest BCUT2D eigenvalue weighted by atomic mass is 9.86. The van der Waals surface area contributed by atoms with Crippen LogP contribution in [-0.4, -0.2) is 60.2 Å². The first-order valence-electron chi connectivity index (χ1n) is 7.90. The highest BCUT2D eigenvalue weighted by Gasteiger charge is 2.45. The van der Waals surface area contributed by atoms with Gasteiger partial charge in [-0.1, -0.05) is 0 Å². The van der Waals surface area contributed by atoms with Crippen LogP contribution >= 0.6 is 11.8 Å². The molecule has 1 aliphatic heterocycles. The van der Waals surface area contributed by atoms with Crippen molar-refractivity contribution in [3.63, 3.8) is 0 Å². The molecule has 0 aromatic heterocycles. The summed E-state index contributed by atoms with van der Waals surface area (Å²) in [5, 5.41) is 19.5. The zero-order valence-electron chi connectivity index (χ0n) is 14.4. The van der Waals surface area contributed by atoms with Gasteiger partial charge >= 0.3 is 5.97 Å². The van der Waals surface area contributed by atoms with E-state index in [4.69, 9.17) is 9.47 Å². The van der Waals surface area contributed by atoms with E-state index in [1.165, 1.54) is 0 Å². The number of aliphatic hydroxyl groups excluding tert-OH is 1. The summed E-state index contributed by atoms with van der Waals surface area (Å²) >= 11 is 1.58. The second-order valence-electron chi connectivity index (χ2n) is 5.88. The number of nitrogens with zero attached hydrogens (tertiary/aromatic N) is 1. The lowest BCUT2D eigenvalue weighted by molar-refractivity contribution is -0.158. The Morgan fingerprint density at radius 1 is 1.29 bits per heavy atom. The van der Waals surface area contributed by atoms with Crippen LogP contribution in [0.15, 0.2) is 17.0 Å². The lowest BCUT2D eigenvalue weighted by Crippen LogP contribution is -2.59. The second kappa shape index (κ2) is 8.09. The molecular weight excluding hydrogens is 330 g/mol. The number of piperidine rings is 1. The molecule has 24 heavy (non-hydrogen) atoms. The van der Waals surface area contributed by atoms with E-state index in [0.29, 0.717) is 31.0 Å². The van der Waals surface area contributed by atoms with Crippen LogP contribution in [0.3, 0.4) is 0 Å². The van der Waals surface area contributed by atoms with Crippen molar-refractivity contribution in [1.82, 2.24) is 4.90 Å². The Kier molecular flexibility index (Phi) is 6.37. The quantitative estimate of drug-likeness (QED) is 0.726. The predicted molar refractivity (Wildman–Crippen MR) is 93.0 cm³/mol. The van der Waals surface area contributed by atoms with Gasteiger partial charge in [0.25, 0.3) is 0 Å². The molecule has 0 spiro atoms. The summed E-state index contributed by atoms with van der Waals surface area (Å²) in [5.74, 6) is 0.353. The summed E-state index contributed by atoms with van der Waals surface area (Å²) in [4.78, 5) is 14.7. The van der Waals surface area contributed by atoms with Crippen molar-refractivity contribution >= 4 is 17.7 Å². The topological polar surface area (TPSA) is 79.2 Å². The highest BCUT2D eigenvalue weighted by Crippen LogP contribution is 2.38. The van der Waals surface area contributed by atoms with Gasteiger partial charge in [0, 0.05) is 11.4 Å². The van der Waals surface area contributed by atoms with E-state index in [-0.39, 0.29) is 0 Å². The maximum absolute atomic E-state index is 11.8. The van der Waals surface area contributed by atoms with Crippen molar-refractivity contribution in [2.45, 2.75) is 36.2 Å². The van der Waals surface area contributed by atoms with Crippen LogP contribution < -0.4 is 9.47 Å². The Labute approximate surface area is 146 Å². The first-order valence-corrected chi connectivity index (χ1v) is 9.13. The number of carbonyl (C=O) groups is 1. The second-order valence-corrected chi connectivity index (χ2v) is 6.76. The Morgan fingerprint density at radius 3 is 2.38 bits per heavy atom. The third-order valence-corrected chi connectivity index (χ3v) is 5.41. The highest BCUT2D eigenvalue weighted by atomic mass is 32.2. The Morgan fingerprint density at radius 2 is 1.92 bits per heavy atom. The fraction of sp³-hybridized carbons (Fsp3) is 0.588. The van der Waals surface area contributed by atoms with Crippen molar-refractivity contribution < 1.29 is 24.5 Å². The number of thioether (sulfide) groups is 1. The molecule has 134 valence electrons. The zero-order valence-corrected chi connectivity index (χ0v) is 15.2. The van der Waals surface area contributed by atoms with Crippen molar-refractivity contribution in [2.75, 3.05) is 33.6 Å². The maximum atomic E-state index is 11.8. The van der Waals surface area contributed by atoms with E-state index in [2.05, 4.69) is 0 Å². The van der Waals surface area contributed by atoms with Crippen LogP contribution in [0.4, 0.5) is 0 Å². The predicted octanol–water partition coefficient (Wildman–Crippen LogP) is 2.23. The lowest BCUT2D eigenvalue weighted by Gasteiger charge is -2.43. The van der Waals surface area contributed by atoms with Crippen LogP contribution in [0.25, 0.3) is 0 Å². The summed E-state index contributed by atoms with van der Waals surface area (Å²) in [6, 6.07) is 3.85. The van der Waals surface area contributed by atoms with Crippen LogP contribution in [-0.2, 0) is 11.3 Å². The molecule has 1 atom stereocenters. The molecule has 1 aromatic carbocycles. The van der Waals surface area contributed by atoms with Gasteiger partial charge in [-0.05, 0) is 44.2 Å². The minimum absolute atomic E-state index is 0.355. The van der Waals surface area contributed by atoms with E-state index in [9.17, 15) is 15.0 Å². The first-order chi connectivity index (χ1) is 11.5. The van der Waals surface area contributed by atoms with E-state index in [1.54, 1.807) is 26.0 Å². The number of benzene rings is 1. The van der Waals surface area contributed by atoms with Gasteiger partial charge in [-0.25, -0.2) is 0 Å². The van der Waals surface area contributed by atoms with E-state index >= 15 is 0 Å². The first kappa shape index (κ1) is 18.9. The van der Waals surface area contributed by atoms with Gasteiger partial charge in [-0.2, -0.15) is 0 Å². The molecule has 1 aliphatic rings. The third kappa shape index (κ3) is 3.48. The van der Waals surface area contributed by atoms with Crippen molar-refractivity contribution in [3.05, 3.63) is 17.7 Å². The number of rotatable bonds is 7. The van der Waals surface area contributed by atoms with Crippen molar-refractivity contribution in [3.8, 4) is 11.5 Å². The zero-order chi connectivity index (χ0) is 17.7. The van der Waals surface area contributed by atoms with E-state index in [1.807, 2.05) is 23.3 Å². The summed E-state index contributed by atoms with van der Waals surface area (Å²) in [7, 11) is 3.18. The fourth-order valence-electron chi connectivity index (χ4n) is 3.24. The molecule has 7 heteroatoms. The minimum atomic E-state index is -1.24. The summed E-state index contributed by atoms with van der Waals surface area (Å²) in [5.41, 5.74) is -0.439. The van der Waals surface area contributed by atoms with E-state index < -0.39 is 18.1 Å². The van der Waals surface area contributed by atoms with Gasteiger partial charge in [0.2, 0.25) is 0 Å². The summed E-state index contributed by atoms with van der Waals surface area (Å²) < 4.78 is 11.0. The number of likely N-dealkylation sites (tertiary alicyclic amines) is 1. The van der Waals surface area contributed by atoms with E-state index in [0.717, 1.165) is 23.3 Å². The fourth-order valence-corrected chi connectivity index (χ4v) is 3.69. The van der Waals surface area contributed by atoms with Crippen molar-refractivity contribution in [1.29, 1.82) is 0 Å². The number of carboxylic acid groups (broad SMARTS) is 1. The standard InChI is InChI=1S/C17H25NO5S/c1-22-14-8-12(24-3)9-15(23-2)13(14)10-18-7-5-4-6-17(18,11-19)16(20)21/h8-9,19H,4-7,10-11H2,1-3H3,(H,20,21). The number of hydrogen-bond acceptors (Lipinski definition) is 6. The number of ether oxygens (including phenoxy) is 2. The van der Waals surface area contributed by atoms with Crippen LogP contribution in [0.2, 0.25) is 0 Å². The Balaban J connectivity index is 2.43. The molecule has 1 unspecified atom stereocenters. The molecule has 2 rings (SSSR count). The number of aliphatic carboxylic acids is 1. The minimum Gasteiger partial charge on any atom is -0.496 e. The number of hydrogen-bond donors (Lipinski definition) is 2. The SMILES string of the molecule is COc1cc(SC)cc(OC)c1CN1CCCCC1(CO)C(=O)O. The average Bonchev–Trinajstić information content (AvgIpc) is 2.61. The van der Waals surface area contributed by atoms with Gasteiger partial charge < -0.3 is 19.7 Å². The van der Waals surface area contributed by atoms with Gasteiger partial charge in [0.1, 0.15) is 17.0 Å². The molecule has 1 heterocycles. The molecular formula is C17H25NO5S. The highest BCUT2D eigenvalue weighted by molar-refractivity contribution is 7.98.